The van der Waals surface area contributed by atoms with Crippen molar-refractivity contribution in [2.75, 3.05) is 6.61 Å². The summed E-state index contributed by atoms with van der Waals surface area (Å²) in [5, 5.41) is 9.05. The Balaban J connectivity index is 2.52. The molecule has 11 heavy (non-hydrogen) atoms. The maximum Gasteiger partial charge on any atom is 0.129 e. The molecule has 0 amide bonds. The molecule has 1 aromatic heterocycles. The lowest BCUT2D eigenvalue weighted by Crippen LogP contribution is -1.89. The van der Waals surface area contributed by atoms with Crippen molar-refractivity contribution in [2.24, 2.45) is 0 Å². The number of pyridine rings is 1. The van der Waals surface area contributed by atoms with Crippen LogP contribution in [0.25, 0.3) is 0 Å². The molecule has 3 heteroatoms. The van der Waals surface area contributed by atoms with Crippen molar-refractivity contribution in [1.29, 1.82) is 0 Å². The fourth-order valence-electron chi connectivity index (χ4n) is 0.838. The minimum Gasteiger partial charge on any atom is -0.396 e. The van der Waals surface area contributed by atoms with Crippen LogP contribution >= 0.6 is 11.6 Å². The normalized spacial score (nSPS) is 10.0. The Morgan fingerprint density at radius 3 is 2.82 bits per heavy atom. The lowest BCUT2D eigenvalue weighted by Gasteiger charge is -1.97. The number of hydrogen-bond donors (Lipinski definition) is 1. The number of aromatic nitrogens is 1. The Morgan fingerprint density at radius 2 is 2.27 bits per heavy atom. The zero-order valence-corrected chi connectivity index (χ0v) is 6.88. The number of aliphatic hydroxyl groups excluding tert-OH is 1. The van der Waals surface area contributed by atoms with E-state index < -0.39 is 0 Å². The summed E-state index contributed by atoms with van der Waals surface area (Å²) >= 11 is 5.59. The van der Waals surface area contributed by atoms with Gasteiger partial charge in [0.2, 0.25) is 0 Å². The minimum atomic E-state index is 0.225. The van der Waals surface area contributed by atoms with Crippen molar-refractivity contribution in [3.63, 3.8) is 0 Å². The van der Waals surface area contributed by atoms with E-state index in [1.165, 1.54) is 0 Å². The van der Waals surface area contributed by atoms with E-state index in [-0.39, 0.29) is 6.61 Å². The number of aliphatic hydroxyl groups is 1. The standard InChI is InChI=1S/C8H10ClNO/c9-8-4-3-7(6-10-8)2-1-5-11/h3-4,6,11H,1-2,5H2. The first-order valence-electron chi connectivity index (χ1n) is 3.54. The zero-order valence-electron chi connectivity index (χ0n) is 6.13. The maximum absolute atomic E-state index is 8.54. The van der Waals surface area contributed by atoms with Gasteiger partial charge in [0.1, 0.15) is 5.15 Å². The highest BCUT2D eigenvalue weighted by Crippen LogP contribution is 2.06. The summed E-state index contributed by atoms with van der Waals surface area (Å²) in [6.07, 6.45) is 3.38. The fraction of sp³-hybridized carbons (Fsp3) is 0.375. The third-order valence-electron chi connectivity index (χ3n) is 1.41. The van der Waals surface area contributed by atoms with Gasteiger partial charge in [-0.25, -0.2) is 4.98 Å². The highest BCUT2D eigenvalue weighted by atomic mass is 35.5. The van der Waals surface area contributed by atoms with E-state index in [0.717, 1.165) is 18.4 Å². The first-order valence-corrected chi connectivity index (χ1v) is 3.92. The summed E-state index contributed by atoms with van der Waals surface area (Å²) in [4.78, 5) is 3.92. The van der Waals surface area contributed by atoms with E-state index in [2.05, 4.69) is 4.98 Å². The van der Waals surface area contributed by atoms with Crippen molar-refractivity contribution in [1.82, 2.24) is 4.98 Å². The molecule has 0 radical (unpaired) electrons. The first-order chi connectivity index (χ1) is 5.33. The van der Waals surface area contributed by atoms with Crippen molar-refractivity contribution >= 4 is 11.6 Å². The predicted octanol–water partition coefficient (Wildman–Crippen LogP) is 1.66. The van der Waals surface area contributed by atoms with E-state index >= 15 is 0 Å². The summed E-state index contributed by atoms with van der Waals surface area (Å²) < 4.78 is 0. The molecular formula is C8H10ClNO. The van der Waals surface area contributed by atoms with E-state index in [4.69, 9.17) is 16.7 Å². The van der Waals surface area contributed by atoms with Crippen LogP contribution in [0, 0.1) is 0 Å². The molecule has 0 saturated heterocycles. The quantitative estimate of drug-likeness (QED) is 0.702. The van der Waals surface area contributed by atoms with Crippen LogP contribution in [0.4, 0.5) is 0 Å². The van der Waals surface area contributed by atoms with Gasteiger partial charge in [0, 0.05) is 12.8 Å². The van der Waals surface area contributed by atoms with Gasteiger partial charge in [-0.2, -0.15) is 0 Å². The van der Waals surface area contributed by atoms with E-state index in [0.29, 0.717) is 5.15 Å². The summed E-state index contributed by atoms with van der Waals surface area (Å²) in [7, 11) is 0. The van der Waals surface area contributed by atoms with E-state index in [1.807, 2.05) is 6.07 Å². The topological polar surface area (TPSA) is 33.1 Å². The molecule has 2 nitrogen and oxygen atoms in total. The van der Waals surface area contributed by atoms with Gasteiger partial charge in [-0.15, -0.1) is 0 Å². The van der Waals surface area contributed by atoms with Crippen LogP contribution < -0.4 is 0 Å². The summed E-state index contributed by atoms with van der Waals surface area (Å²) in [5.41, 5.74) is 1.11. The molecule has 0 aliphatic heterocycles. The summed E-state index contributed by atoms with van der Waals surface area (Å²) in [5.74, 6) is 0. The second kappa shape index (κ2) is 4.31. The van der Waals surface area contributed by atoms with Gasteiger partial charge in [0.25, 0.3) is 0 Å². The van der Waals surface area contributed by atoms with Crippen LogP contribution in [0.2, 0.25) is 5.15 Å². The highest BCUT2D eigenvalue weighted by molar-refractivity contribution is 6.29. The Labute approximate surface area is 70.8 Å². The molecule has 0 spiro atoms. The Hall–Kier alpha value is -0.600. The van der Waals surface area contributed by atoms with Crippen LogP contribution in [0.1, 0.15) is 12.0 Å². The molecule has 0 fully saturated rings. The molecule has 0 aliphatic rings. The molecule has 0 atom stereocenters. The van der Waals surface area contributed by atoms with Gasteiger partial charge >= 0.3 is 0 Å². The molecule has 0 bridgehead atoms. The number of hydrogen-bond acceptors (Lipinski definition) is 2. The second-order valence-electron chi connectivity index (χ2n) is 2.32. The van der Waals surface area contributed by atoms with Crippen molar-refractivity contribution in [3.8, 4) is 0 Å². The van der Waals surface area contributed by atoms with Gasteiger partial charge in [-0.3, -0.25) is 0 Å². The Bertz CT molecular complexity index is 210. The maximum atomic E-state index is 8.54. The zero-order chi connectivity index (χ0) is 8.10. The Kier molecular flexibility index (Phi) is 3.33. The van der Waals surface area contributed by atoms with E-state index in [1.54, 1.807) is 12.3 Å². The van der Waals surface area contributed by atoms with Gasteiger partial charge in [-0.1, -0.05) is 17.7 Å². The first kappa shape index (κ1) is 8.50. The molecule has 1 heterocycles. The molecule has 0 saturated carbocycles. The van der Waals surface area contributed by atoms with Gasteiger partial charge in [0.05, 0.1) is 0 Å². The fourth-order valence-corrected chi connectivity index (χ4v) is 0.949. The molecule has 60 valence electrons. The van der Waals surface area contributed by atoms with Gasteiger partial charge in [0.15, 0.2) is 0 Å². The van der Waals surface area contributed by atoms with Crippen molar-refractivity contribution in [2.45, 2.75) is 12.8 Å². The third-order valence-corrected chi connectivity index (χ3v) is 1.64. The third kappa shape index (κ3) is 2.87. The molecule has 0 unspecified atom stereocenters. The number of nitrogens with zero attached hydrogens (tertiary/aromatic N) is 1. The van der Waals surface area contributed by atoms with E-state index in [9.17, 15) is 0 Å². The predicted molar refractivity (Wildman–Crippen MR) is 44.7 cm³/mol. The van der Waals surface area contributed by atoms with Crippen LogP contribution in [-0.2, 0) is 6.42 Å². The van der Waals surface area contributed by atoms with Crippen LogP contribution in [0.3, 0.4) is 0 Å². The highest BCUT2D eigenvalue weighted by Gasteiger charge is 1.92. The summed E-state index contributed by atoms with van der Waals surface area (Å²) in [6, 6.07) is 3.68. The minimum absolute atomic E-state index is 0.225. The largest absolute Gasteiger partial charge is 0.396 e. The smallest absolute Gasteiger partial charge is 0.129 e. The number of rotatable bonds is 3. The lowest BCUT2D eigenvalue weighted by atomic mass is 10.2. The van der Waals surface area contributed by atoms with Crippen LogP contribution in [0.5, 0.6) is 0 Å². The molecule has 1 rings (SSSR count). The molecular weight excluding hydrogens is 162 g/mol. The average molecular weight is 172 g/mol. The van der Waals surface area contributed by atoms with Crippen molar-refractivity contribution < 1.29 is 5.11 Å². The van der Waals surface area contributed by atoms with Crippen LogP contribution in [0.15, 0.2) is 18.3 Å². The molecule has 0 aliphatic carbocycles. The van der Waals surface area contributed by atoms with Crippen LogP contribution in [-0.4, -0.2) is 16.7 Å². The number of aryl methyl sites for hydroxylation is 1. The molecule has 0 aromatic carbocycles. The monoisotopic (exact) mass is 171 g/mol. The lowest BCUT2D eigenvalue weighted by molar-refractivity contribution is 0.288. The Morgan fingerprint density at radius 1 is 1.45 bits per heavy atom. The summed E-state index contributed by atoms with van der Waals surface area (Å²) in [6.45, 7) is 0.225. The SMILES string of the molecule is OCCCc1ccc(Cl)nc1. The van der Waals surface area contributed by atoms with Gasteiger partial charge in [-0.05, 0) is 24.5 Å². The number of halogens is 1. The van der Waals surface area contributed by atoms with Crippen molar-refractivity contribution in [3.05, 3.63) is 29.0 Å². The second-order valence-corrected chi connectivity index (χ2v) is 2.70. The average Bonchev–Trinajstić information content (AvgIpc) is 2.04. The van der Waals surface area contributed by atoms with Gasteiger partial charge < -0.3 is 5.11 Å². The molecule has 1 aromatic rings. The molecule has 1 N–H and O–H groups in total.